The van der Waals surface area contributed by atoms with Gasteiger partial charge in [0.2, 0.25) is 5.91 Å². The van der Waals surface area contributed by atoms with Crippen molar-refractivity contribution in [2.75, 3.05) is 13.1 Å². The van der Waals surface area contributed by atoms with Gasteiger partial charge in [-0.05, 0) is 51.2 Å². The first-order valence-electron chi connectivity index (χ1n) is 10.6. The van der Waals surface area contributed by atoms with Crippen LogP contribution in [0.1, 0.15) is 59.5 Å². The van der Waals surface area contributed by atoms with Gasteiger partial charge in [-0.2, -0.15) is 0 Å². The minimum absolute atomic E-state index is 0.191. The Labute approximate surface area is 176 Å². The number of rotatable bonds is 7. The maximum absolute atomic E-state index is 13.3. The molecule has 1 unspecified atom stereocenters. The average molecular weight is 412 g/mol. The number of piperidine rings is 1. The van der Waals surface area contributed by atoms with Gasteiger partial charge in [0.1, 0.15) is 18.1 Å². The summed E-state index contributed by atoms with van der Waals surface area (Å²) in [6, 6.07) is 7.73. The van der Waals surface area contributed by atoms with E-state index in [2.05, 4.69) is 5.16 Å². The van der Waals surface area contributed by atoms with Crippen LogP contribution in [0.5, 0.6) is 5.75 Å². The largest absolute Gasteiger partial charge is 0.489 e. The molecular weight excluding hydrogens is 382 g/mol. The lowest BCUT2D eigenvalue weighted by atomic mass is 9.75. The molecule has 1 saturated heterocycles. The van der Waals surface area contributed by atoms with E-state index in [0.29, 0.717) is 30.3 Å². The summed E-state index contributed by atoms with van der Waals surface area (Å²) in [5.74, 6) is 1.30. The van der Waals surface area contributed by atoms with Crippen molar-refractivity contribution in [3.8, 4) is 5.75 Å². The van der Waals surface area contributed by atoms with Crippen LogP contribution in [0.4, 0.5) is 0 Å². The van der Waals surface area contributed by atoms with E-state index in [1.807, 2.05) is 31.2 Å². The minimum atomic E-state index is -0.633. The molecule has 0 radical (unpaired) electrons. The highest BCUT2D eigenvalue weighted by molar-refractivity contribution is 5.94. The summed E-state index contributed by atoms with van der Waals surface area (Å²) in [6.07, 6.45) is 4.56. The highest BCUT2D eigenvalue weighted by atomic mass is 16.5. The van der Waals surface area contributed by atoms with E-state index in [0.717, 1.165) is 43.4 Å². The van der Waals surface area contributed by atoms with Crippen molar-refractivity contribution >= 4 is 11.8 Å². The lowest BCUT2D eigenvalue weighted by Crippen LogP contribution is -2.52. The van der Waals surface area contributed by atoms with Crippen LogP contribution in [0, 0.1) is 25.2 Å². The zero-order valence-corrected chi connectivity index (χ0v) is 17.6. The predicted octanol–water partition coefficient (Wildman–Crippen LogP) is 3.38. The highest BCUT2D eigenvalue weighted by Gasteiger charge is 2.46. The molecule has 2 aromatic rings. The molecule has 30 heavy (non-hydrogen) atoms. The van der Waals surface area contributed by atoms with Crippen LogP contribution in [0.3, 0.4) is 0 Å². The van der Waals surface area contributed by atoms with E-state index in [9.17, 15) is 9.59 Å². The second-order valence-electron chi connectivity index (χ2n) is 8.79. The van der Waals surface area contributed by atoms with Gasteiger partial charge in [-0.1, -0.05) is 35.7 Å². The molecule has 0 spiro atoms. The maximum Gasteiger partial charge on any atom is 0.276 e. The number of hydrogen-bond acceptors (Lipinski definition) is 5. The SMILES string of the molecule is Cc1ccc(OCc2c(C(=O)N3CCCC(CC4CC4)(C(N)=O)C3)noc2C)cc1. The fraction of sp³-hybridized carbons (Fsp3) is 0.522. The predicted molar refractivity (Wildman–Crippen MR) is 111 cm³/mol. The molecule has 1 atom stereocenters. The van der Waals surface area contributed by atoms with Gasteiger partial charge < -0.3 is 19.9 Å². The Kier molecular flexibility index (Phi) is 5.54. The number of amides is 2. The second-order valence-corrected chi connectivity index (χ2v) is 8.79. The Bertz CT molecular complexity index is 932. The fourth-order valence-corrected chi connectivity index (χ4v) is 4.32. The summed E-state index contributed by atoms with van der Waals surface area (Å²) in [6.45, 7) is 4.91. The van der Waals surface area contributed by atoms with E-state index in [1.165, 1.54) is 0 Å². The standard InChI is InChI=1S/C23H29N3O4/c1-15-4-8-18(9-5-15)29-13-19-16(2)30-25-20(19)21(27)26-11-3-10-23(14-26,22(24)28)12-17-6-7-17/h4-5,8-9,17H,3,6-7,10-14H2,1-2H3,(H2,24,28). The van der Waals surface area contributed by atoms with Crippen LogP contribution in [0.25, 0.3) is 0 Å². The smallest absolute Gasteiger partial charge is 0.276 e. The molecule has 2 heterocycles. The summed E-state index contributed by atoms with van der Waals surface area (Å²) in [7, 11) is 0. The molecule has 7 nitrogen and oxygen atoms in total. The number of ether oxygens (including phenoxy) is 1. The van der Waals surface area contributed by atoms with Crippen LogP contribution in [-0.2, 0) is 11.4 Å². The summed E-state index contributed by atoms with van der Waals surface area (Å²) in [4.78, 5) is 27.3. The summed E-state index contributed by atoms with van der Waals surface area (Å²) in [5.41, 5.74) is 7.21. The number of hydrogen-bond donors (Lipinski definition) is 1. The molecule has 2 N–H and O–H groups in total. The van der Waals surface area contributed by atoms with Gasteiger partial charge in [-0.25, -0.2) is 0 Å². The summed E-state index contributed by atoms with van der Waals surface area (Å²) >= 11 is 0. The number of aromatic nitrogens is 1. The summed E-state index contributed by atoms with van der Waals surface area (Å²) < 4.78 is 11.2. The molecule has 0 bridgehead atoms. The topological polar surface area (TPSA) is 98.7 Å². The zero-order chi connectivity index (χ0) is 21.3. The van der Waals surface area contributed by atoms with Crippen LogP contribution in [-0.4, -0.2) is 35.0 Å². The average Bonchev–Trinajstić information content (AvgIpc) is 3.47. The molecule has 1 aliphatic carbocycles. The molecule has 1 aromatic heterocycles. The first-order chi connectivity index (χ1) is 14.4. The van der Waals surface area contributed by atoms with Gasteiger partial charge in [0.25, 0.3) is 5.91 Å². The third kappa shape index (κ3) is 4.20. The fourth-order valence-electron chi connectivity index (χ4n) is 4.32. The Balaban J connectivity index is 1.50. The highest BCUT2D eigenvalue weighted by Crippen LogP contribution is 2.44. The van der Waals surface area contributed by atoms with Crippen LogP contribution >= 0.6 is 0 Å². The minimum Gasteiger partial charge on any atom is -0.489 e. The molecule has 2 aliphatic rings. The molecule has 1 aromatic carbocycles. The quantitative estimate of drug-likeness (QED) is 0.753. The van der Waals surface area contributed by atoms with Crippen molar-refractivity contribution in [2.24, 2.45) is 17.1 Å². The lowest BCUT2D eigenvalue weighted by molar-refractivity contribution is -0.131. The Morgan fingerprint density at radius 2 is 2.00 bits per heavy atom. The zero-order valence-electron chi connectivity index (χ0n) is 17.6. The molecular formula is C23H29N3O4. The summed E-state index contributed by atoms with van der Waals surface area (Å²) in [5, 5.41) is 4.02. The van der Waals surface area contributed by atoms with E-state index in [-0.39, 0.29) is 24.1 Å². The number of likely N-dealkylation sites (tertiary alicyclic amines) is 1. The van der Waals surface area contributed by atoms with E-state index in [4.69, 9.17) is 15.0 Å². The Hall–Kier alpha value is -2.83. The van der Waals surface area contributed by atoms with Gasteiger partial charge in [0.15, 0.2) is 5.69 Å². The van der Waals surface area contributed by atoms with Crippen molar-refractivity contribution in [3.05, 3.63) is 46.8 Å². The van der Waals surface area contributed by atoms with Crippen LogP contribution in [0.2, 0.25) is 0 Å². The first-order valence-corrected chi connectivity index (χ1v) is 10.6. The van der Waals surface area contributed by atoms with Gasteiger partial charge >= 0.3 is 0 Å². The maximum atomic E-state index is 13.3. The van der Waals surface area contributed by atoms with Crippen LogP contribution < -0.4 is 10.5 Å². The number of benzene rings is 1. The van der Waals surface area contributed by atoms with E-state index >= 15 is 0 Å². The van der Waals surface area contributed by atoms with Gasteiger partial charge in [-0.3, -0.25) is 9.59 Å². The molecule has 160 valence electrons. The van der Waals surface area contributed by atoms with Crippen LogP contribution in [0.15, 0.2) is 28.8 Å². The number of nitrogens with two attached hydrogens (primary N) is 1. The molecule has 1 saturated carbocycles. The number of nitrogens with zero attached hydrogens (tertiary/aromatic N) is 2. The molecule has 7 heteroatoms. The number of carbonyl (C=O) groups is 2. The molecule has 2 fully saturated rings. The third-order valence-corrected chi connectivity index (χ3v) is 6.35. The van der Waals surface area contributed by atoms with E-state index < -0.39 is 5.41 Å². The van der Waals surface area contributed by atoms with Crippen molar-refractivity contribution in [2.45, 2.75) is 52.6 Å². The third-order valence-electron chi connectivity index (χ3n) is 6.35. The molecule has 4 rings (SSSR count). The number of aryl methyl sites for hydroxylation is 2. The van der Waals surface area contributed by atoms with E-state index in [1.54, 1.807) is 11.8 Å². The van der Waals surface area contributed by atoms with Gasteiger partial charge in [-0.15, -0.1) is 0 Å². The molecule has 2 amide bonds. The monoisotopic (exact) mass is 411 g/mol. The number of primary amides is 1. The van der Waals surface area contributed by atoms with Crippen molar-refractivity contribution in [1.82, 2.24) is 10.1 Å². The lowest BCUT2D eigenvalue weighted by Gasteiger charge is -2.40. The molecule has 1 aliphatic heterocycles. The Morgan fingerprint density at radius 1 is 1.27 bits per heavy atom. The van der Waals surface area contributed by atoms with Crippen molar-refractivity contribution in [1.29, 1.82) is 0 Å². The Morgan fingerprint density at radius 3 is 2.67 bits per heavy atom. The van der Waals surface area contributed by atoms with Crippen molar-refractivity contribution in [3.63, 3.8) is 0 Å². The first kappa shape index (κ1) is 20.4. The normalized spacial score (nSPS) is 21.5. The number of carbonyl (C=O) groups excluding carboxylic acids is 2. The van der Waals surface area contributed by atoms with Gasteiger partial charge in [0, 0.05) is 13.1 Å². The van der Waals surface area contributed by atoms with Crippen molar-refractivity contribution < 1.29 is 18.8 Å². The second kappa shape index (κ2) is 8.13. The van der Waals surface area contributed by atoms with Gasteiger partial charge in [0.05, 0.1) is 11.0 Å².